The molecule has 3 aromatic rings. The Hall–Kier alpha value is -2.33. The second-order valence-electron chi connectivity index (χ2n) is 6.88. The van der Waals surface area contributed by atoms with E-state index in [0.717, 1.165) is 35.1 Å². The molecule has 0 unspecified atom stereocenters. The molecular weight excluding hydrogens is 409 g/mol. The lowest BCUT2D eigenvalue weighted by atomic mass is 10.2. The van der Waals surface area contributed by atoms with Gasteiger partial charge in [0.05, 0.1) is 17.8 Å². The molecular formula is C22H18F6P+. The van der Waals surface area contributed by atoms with Crippen molar-refractivity contribution in [3.63, 3.8) is 0 Å². The van der Waals surface area contributed by atoms with Gasteiger partial charge in [0.25, 0.3) is 0 Å². The molecule has 0 nitrogen and oxygen atoms in total. The summed E-state index contributed by atoms with van der Waals surface area (Å²) in [5.41, 5.74) is -0.585. The van der Waals surface area contributed by atoms with Crippen LogP contribution in [0.4, 0.5) is 26.3 Å². The summed E-state index contributed by atoms with van der Waals surface area (Å²) in [7, 11) is -2.44. The van der Waals surface area contributed by atoms with Gasteiger partial charge in [-0.15, -0.1) is 0 Å². The van der Waals surface area contributed by atoms with Crippen molar-refractivity contribution in [1.29, 1.82) is 0 Å². The van der Waals surface area contributed by atoms with Crippen molar-refractivity contribution in [3.05, 3.63) is 89.5 Å². The van der Waals surface area contributed by atoms with Crippen LogP contribution in [0.1, 0.15) is 16.7 Å². The van der Waals surface area contributed by atoms with Gasteiger partial charge in [-0.3, -0.25) is 0 Å². The fourth-order valence-corrected chi connectivity index (χ4v) is 6.90. The first-order chi connectivity index (χ1) is 13.4. The normalized spacial score (nSPS) is 12.8. The number of alkyl halides is 6. The maximum absolute atomic E-state index is 13.0. The van der Waals surface area contributed by atoms with Crippen molar-refractivity contribution in [2.24, 2.45) is 0 Å². The SMILES string of the molecule is Cc1ccccc1[P+](C)(c1ccc(C(F)(F)F)cc1)c1ccc(C(F)(F)F)cc1. The molecule has 0 amide bonds. The zero-order valence-corrected chi connectivity index (χ0v) is 16.5. The molecule has 29 heavy (non-hydrogen) atoms. The van der Waals surface area contributed by atoms with E-state index in [1.165, 1.54) is 24.3 Å². The molecule has 0 saturated carbocycles. The van der Waals surface area contributed by atoms with E-state index < -0.39 is 30.7 Å². The summed E-state index contributed by atoms with van der Waals surface area (Å²) in [5, 5.41) is 2.25. The molecule has 0 aliphatic rings. The third kappa shape index (κ3) is 4.18. The predicted octanol–water partition coefficient (Wildman–Crippen LogP) is 5.96. The standard InChI is InChI=1S/C22H18F6P/c1-15-5-3-4-6-20(15)29(2,18-11-7-16(8-12-18)21(23,24)25)19-13-9-17(10-14-19)22(26,27)28/h3-14H,1-2H3/q+1. The first kappa shape index (κ1) is 21.4. The van der Waals surface area contributed by atoms with Crippen LogP contribution in [0.15, 0.2) is 72.8 Å². The van der Waals surface area contributed by atoms with Crippen LogP contribution in [-0.4, -0.2) is 6.66 Å². The van der Waals surface area contributed by atoms with E-state index >= 15 is 0 Å². The van der Waals surface area contributed by atoms with Crippen molar-refractivity contribution >= 4 is 23.2 Å². The average molecular weight is 427 g/mol. The molecule has 0 aliphatic heterocycles. The summed E-state index contributed by atoms with van der Waals surface area (Å²) < 4.78 is 77.9. The lowest BCUT2D eigenvalue weighted by Gasteiger charge is -2.25. The molecule has 0 spiro atoms. The monoisotopic (exact) mass is 427 g/mol. The van der Waals surface area contributed by atoms with Gasteiger partial charge >= 0.3 is 12.4 Å². The number of benzene rings is 3. The topological polar surface area (TPSA) is 0 Å². The minimum absolute atomic E-state index is 0.666. The summed E-state index contributed by atoms with van der Waals surface area (Å²) in [6, 6.07) is 17.3. The average Bonchev–Trinajstić information content (AvgIpc) is 2.67. The lowest BCUT2D eigenvalue weighted by molar-refractivity contribution is -0.138. The van der Waals surface area contributed by atoms with Gasteiger partial charge in [-0.1, -0.05) is 18.2 Å². The fraction of sp³-hybridized carbons (Fsp3) is 0.182. The van der Waals surface area contributed by atoms with Crippen LogP contribution in [-0.2, 0) is 12.4 Å². The summed E-state index contributed by atoms with van der Waals surface area (Å²) >= 11 is 0. The molecule has 0 heterocycles. The third-order valence-electron chi connectivity index (χ3n) is 5.02. The van der Waals surface area contributed by atoms with Gasteiger partial charge in [0.2, 0.25) is 0 Å². The van der Waals surface area contributed by atoms with Crippen molar-refractivity contribution in [3.8, 4) is 0 Å². The Bertz CT molecular complexity index is 928. The fourth-order valence-electron chi connectivity index (χ4n) is 3.39. The number of rotatable bonds is 3. The molecule has 0 N–H and O–H groups in total. The maximum atomic E-state index is 13.0. The second-order valence-corrected chi connectivity index (χ2v) is 10.4. The van der Waals surface area contributed by atoms with Gasteiger partial charge in [-0.25, -0.2) is 0 Å². The molecule has 0 fully saturated rings. The van der Waals surface area contributed by atoms with Crippen LogP contribution in [0.2, 0.25) is 0 Å². The highest BCUT2D eigenvalue weighted by Crippen LogP contribution is 2.52. The molecule has 0 atom stereocenters. The van der Waals surface area contributed by atoms with Crippen molar-refractivity contribution in [2.75, 3.05) is 6.66 Å². The van der Waals surface area contributed by atoms with E-state index in [4.69, 9.17) is 0 Å². The van der Waals surface area contributed by atoms with Gasteiger partial charge in [0.15, 0.2) is 0 Å². The van der Waals surface area contributed by atoms with Gasteiger partial charge < -0.3 is 0 Å². The molecule has 0 bridgehead atoms. The summed E-state index contributed by atoms with van der Waals surface area (Å²) in [6.45, 7) is 3.81. The zero-order chi connectivity index (χ0) is 21.4. The summed E-state index contributed by atoms with van der Waals surface area (Å²) in [5.74, 6) is 0. The van der Waals surface area contributed by atoms with Crippen molar-refractivity contribution in [2.45, 2.75) is 19.3 Å². The maximum Gasteiger partial charge on any atom is 0.416 e. The van der Waals surface area contributed by atoms with E-state index in [0.29, 0.717) is 10.6 Å². The highest BCUT2D eigenvalue weighted by Gasteiger charge is 2.43. The highest BCUT2D eigenvalue weighted by molar-refractivity contribution is 7.95. The molecule has 0 radical (unpaired) electrons. The van der Waals surface area contributed by atoms with E-state index in [1.54, 1.807) is 0 Å². The first-order valence-electron chi connectivity index (χ1n) is 8.72. The summed E-state index contributed by atoms with van der Waals surface area (Å²) in [4.78, 5) is 0. The van der Waals surface area contributed by atoms with E-state index in [-0.39, 0.29) is 0 Å². The minimum atomic E-state index is -4.45. The lowest BCUT2D eigenvalue weighted by Crippen LogP contribution is -2.32. The van der Waals surface area contributed by atoms with Crippen LogP contribution in [0, 0.1) is 6.92 Å². The Kier molecular flexibility index (Phi) is 5.52. The van der Waals surface area contributed by atoms with Crippen LogP contribution in [0.25, 0.3) is 0 Å². The number of halogens is 6. The number of hydrogen-bond acceptors (Lipinski definition) is 0. The molecule has 3 aromatic carbocycles. The van der Waals surface area contributed by atoms with Crippen LogP contribution >= 0.6 is 7.26 Å². The van der Waals surface area contributed by atoms with Gasteiger partial charge in [0, 0.05) is 0 Å². The zero-order valence-electron chi connectivity index (χ0n) is 15.6. The summed E-state index contributed by atoms with van der Waals surface area (Å²) in [6.07, 6.45) is -8.91. The minimum Gasteiger partial charge on any atom is -0.166 e. The van der Waals surface area contributed by atoms with Crippen LogP contribution in [0.3, 0.4) is 0 Å². The quantitative estimate of drug-likeness (QED) is 0.358. The Morgan fingerprint density at radius 1 is 0.586 bits per heavy atom. The molecule has 152 valence electrons. The largest absolute Gasteiger partial charge is 0.416 e. The Morgan fingerprint density at radius 3 is 1.31 bits per heavy atom. The molecule has 7 heteroatoms. The third-order valence-corrected chi connectivity index (χ3v) is 9.15. The number of hydrogen-bond donors (Lipinski definition) is 0. The van der Waals surface area contributed by atoms with Gasteiger partial charge in [-0.2, -0.15) is 26.3 Å². The van der Waals surface area contributed by atoms with E-state index in [9.17, 15) is 26.3 Å². The Balaban J connectivity index is 2.19. The van der Waals surface area contributed by atoms with Crippen molar-refractivity contribution < 1.29 is 26.3 Å². The smallest absolute Gasteiger partial charge is 0.166 e. The predicted molar refractivity (Wildman–Crippen MR) is 106 cm³/mol. The van der Waals surface area contributed by atoms with E-state index in [2.05, 4.69) is 0 Å². The first-order valence-corrected chi connectivity index (χ1v) is 11.0. The highest BCUT2D eigenvalue weighted by atomic mass is 31.2. The van der Waals surface area contributed by atoms with Gasteiger partial charge in [-0.05, 0) is 67.1 Å². The Morgan fingerprint density at radius 2 is 0.966 bits per heavy atom. The Labute approximate surface area is 165 Å². The van der Waals surface area contributed by atoms with Crippen LogP contribution in [0.5, 0.6) is 0 Å². The van der Waals surface area contributed by atoms with Gasteiger partial charge in [0.1, 0.15) is 23.2 Å². The van der Waals surface area contributed by atoms with E-state index in [1.807, 2.05) is 37.9 Å². The number of aryl methyl sites for hydroxylation is 1. The molecule has 3 rings (SSSR count). The second kappa shape index (κ2) is 7.49. The van der Waals surface area contributed by atoms with Crippen molar-refractivity contribution in [1.82, 2.24) is 0 Å². The molecule has 0 aromatic heterocycles. The van der Waals surface area contributed by atoms with Crippen LogP contribution < -0.4 is 15.9 Å². The molecule has 0 saturated heterocycles. The molecule has 0 aliphatic carbocycles.